The molecule has 1 N–H and O–H groups in total. The normalized spacial score (nSPS) is 11.7. The van der Waals surface area contributed by atoms with Gasteiger partial charge in [0.15, 0.2) is 11.5 Å². The average Bonchev–Trinajstić information content (AvgIpc) is 2.61. The minimum atomic E-state index is -0.0721. The Kier molecular flexibility index (Phi) is 6.87. The molecule has 1 amide bonds. The molecular weight excluding hydrogens is 314 g/mol. The molecule has 0 aliphatic rings. The molecule has 4 nitrogen and oxygen atoms in total. The van der Waals surface area contributed by atoms with Gasteiger partial charge < -0.3 is 14.8 Å². The van der Waals surface area contributed by atoms with Crippen molar-refractivity contribution in [3.63, 3.8) is 0 Å². The molecule has 2 aromatic carbocycles. The standard InChI is InChI=1S/C21H27NO3/c1-15-9-10-18(13-16(15)2)11-12-21(23)22-17(3)14-25-20-8-6-5-7-19(20)24-4/h5-10,13,17H,11-12,14H2,1-4H3,(H,22,23). The Morgan fingerprint density at radius 2 is 1.80 bits per heavy atom. The first-order chi connectivity index (χ1) is 12.0. The number of rotatable bonds is 8. The highest BCUT2D eigenvalue weighted by Crippen LogP contribution is 2.25. The van der Waals surface area contributed by atoms with Gasteiger partial charge in [-0.3, -0.25) is 4.79 Å². The Bertz CT molecular complexity index is 712. The monoisotopic (exact) mass is 341 g/mol. The maximum atomic E-state index is 12.1. The van der Waals surface area contributed by atoms with Crippen LogP contribution in [0.25, 0.3) is 0 Å². The van der Waals surface area contributed by atoms with Crippen molar-refractivity contribution < 1.29 is 14.3 Å². The number of benzene rings is 2. The predicted molar refractivity (Wildman–Crippen MR) is 100 cm³/mol. The van der Waals surface area contributed by atoms with Gasteiger partial charge in [-0.15, -0.1) is 0 Å². The highest BCUT2D eigenvalue weighted by Gasteiger charge is 2.10. The topological polar surface area (TPSA) is 47.6 Å². The van der Waals surface area contributed by atoms with Gasteiger partial charge in [0.1, 0.15) is 6.61 Å². The van der Waals surface area contributed by atoms with Crippen molar-refractivity contribution in [1.82, 2.24) is 5.32 Å². The number of nitrogens with one attached hydrogen (secondary N) is 1. The van der Waals surface area contributed by atoms with E-state index in [1.54, 1.807) is 7.11 Å². The number of hydrogen-bond acceptors (Lipinski definition) is 3. The van der Waals surface area contributed by atoms with Gasteiger partial charge in [-0.05, 0) is 56.0 Å². The number of hydrogen-bond donors (Lipinski definition) is 1. The van der Waals surface area contributed by atoms with Crippen LogP contribution in [0, 0.1) is 13.8 Å². The first-order valence-electron chi connectivity index (χ1n) is 8.61. The van der Waals surface area contributed by atoms with Gasteiger partial charge >= 0.3 is 0 Å². The lowest BCUT2D eigenvalue weighted by molar-refractivity contribution is -0.121. The molecule has 0 aliphatic carbocycles. The summed E-state index contributed by atoms with van der Waals surface area (Å²) in [6, 6.07) is 13.8. The zero-order chi connectivity index (χ0) is 18.2. The minimum absolute atomic E-state index is 0.0364. The Hall–Kier alpha value is -2.49. The van der Waals surface area contributed by atoms with Crippen molar-refractivity contribution in [2.24, 2.45) is 0 Å². The van der Waals surface area contributed by atoms with Crippen molar-refractivity contribution in [3.05, 3.63) is 59.2 Å². The van der Waals surface area contributed by atoms with E-state index in [4.69, 9.17) is 9.47 Å². The molecule has 1 unspecified atom stereocenters. The second kappa shape index (κ2) is 9.11. The molecule has 0 fully saturated rings. The molecular formula is C21H27NO3. The molecule has 2 rings (SSSR count). The van der Waals surface area contributed by atoms with Crippen LogP contribution >= 0.6 is 0 Å². The molecule has 134 valence electrons. The minimum Gasteiger partial charge on any atom is -0.493 e. The van der Waals surface area contributed by atoms with E-state index in [1.165, 1.54) is 16.7 Å². The van der Waals surface area contributed by atoms with Crippen molar-refractivity contribution in [3.8, 4) is 11.5 Å². The van der Waals surface area contributed by atoms with Crippen LogP contribution in [0.4, 0.5) is 0 Å². The van der Waals surface area contributed by atoms with Crippen LogP contribution in [0.3, 0.4) is 0 Å². The number of amides is 1. The van der Waals surface area contributed by atoms with Gasteiger partial charge in [0.2, 0.25) is 5.91 Å². The van der Waals surface area contributed by atoms with Gasteiger partial charge in [-0.25, -0.2) is 0 Å². The van der Waals surface area contributed by atoms with Crippen molar-refractivity contribution in [1.29, 1.82) is 0 Å². The van der Waals surface area contributed by atoms with Gasteiger partial charge in [-0.1, -0.05) is 30.3 Å². The van der Waals surface area contributed by atoms with E-state index in [2.05, 4.69) is 37.4 Å². The van der Waals surface area contributed by atoms with Crippen LogP contribution in [0.2, 0.25) is 0 Å². The van der Waals surface area contributed by atoms with Crippen LogP contribution in [0.15, 0.2) is 42.5 Å². The number of carbonyl (C=O) groups is 1. The lowest BCUT2D eigenvalue weighted by Gasteiger charge is -2.16. The number of carbonyl (C=O) groups excluding carboxylic acids is 1. The van der Waals surface area contributed by atoms with E-state index in [1.807, 2.05) is 31.2 Å². The van der Waals surface area contributed by atoms with Crippen LogP contribution in [0.5, 0.6) is 11.5 Å². The first kappa shape index (κ1) is 18.8. The Morgan fingerprint density at radius 1 is 1.08 bits per heavy atom. The number of methoxy groups -OCH3 is 1. The predicted octanol–water partition coefficient (Wildman–Crippen LogP) is 3.83. The summed E-state index contributed by atoms with van der Waals surface area (Å²) in [5.74, 6) is 1.41. The van der Waals surface area contributed by atoms with Gasteiger partial charge in [0.05, 0.1) is 13.2 Å². The fourth-order valence-corrected chi connectivity index (χ4v) is 2.56. The molecule has 25 heavy (non-hydrogen) atoms. The highest BCUT2D eigenvalue weighted by molar-refractivity contribution is 5.76. The number of ether oxygens (including phenoxy) is 2. The molecule has 2 aromatic rings. The Balaban J connectivity index is 1.77. The van der Waals surface area contributed by atoms with Gasteiger partial charge in [-0.2, -0.15) is 0 Å². The summed E-state index contributed by atoms with van der Waals surface area (Å²) in [6.07, 6.45) is 1.22. The largest absolute Gasteiger partial charge is 0.493 e. The quantitative estimate of drug-likeness (QED) is 0.794. The van der Waals surface area contributed by atoms with Crippen molar-refractivity contribution in [2.45, 2.75) is 39.7 Å². The fraction of sp³-hybridized carbons (Fsp3) is 0.381. The molecule has 0 radical (unpaired) electrons. The zero-order valence-electron chi connectivity index (χ0n) is 15.5. The summed E-state index contributed by atoms with van der Waals surface area (Å²) in [5.41, 5.74) is 3.72. The van der Waals surface area contributed by atoms with Crippen molar-refractivity contribution >= 4 is 5.91 Å². The van der Waals surface area contributed by atoms with E-state index in [9.17, 15) is 4.79 Å². The molecule has 0 heterocycles. The SMILES string of the molecule is COc1ccccc1OCC(C)NC(=O)CCc1ccc(C)c(C)c1. The molecule has 4 heteroatoms. The first-order valence-corrected chi connectivity index (χ1v) is 8.61. The van der Waals surface area contributed by atoms with Crippen LogP contribution < -0.4 is 14.8 Å². The summed E-state index contributed by atoms with van der Waals surface area (Å²) in [5, 5.41) is 2.98. The molecule has 0 saturated carbocycles. The van der Waals surface area contributed by atoms with Crippen LogP contribution in [-0.2, 0) is 11.2 Å². The lowest BCUT2D eigenvalue weighted by atomic mass is 10.0. The summed E-state index contributed by atoms with van der Waals surface area (Å²) < 4.78 is 11.0. The second-order valence-corrected chi connectivity index (χ2v) is 6.35. The summed E-state index contributed by atoms with van der Waals surface area (Å²) in [7, 11) is 1.61. The van der Waals surface area contributed by atoms with Gasteiger partial charge in [0, 0.05) is 6.42 Å². The lowest BCUT2D eigenvalue weighted by Crippen LogP contribution is -2.36. The highest BCUT2D eigenvalue weighted by atomic mass is 16.5. The van der Waals surface area contributed by atoms with Crippen LogP contribution in [0.1, 0.15) is 30.0 Å². The summed E-state index contributed by atoms with van der Waals surface area (Å²) in [6.45, 7) is 6.52. The molecule has 0 aliphatic heterocycles. The Morgan fingerprint density at radius 3 is 2.48 bits per heavy atom. The number of para-hydroxylation sites is 2. The van der Waals surface area contributed by atoms with Gasteiger partial charge in [0.25, 0.3) is 0 Å². The van der Waals surface area contributed by atoms with Crippen LogP contribution in [-0.4, -0.2) is 25.7 Å². The third kappa shape index (κ3) is 5.82. The summed E-state index contributed by atoms with van der Waals surface area (Å²) in [4.78, 5) is 12.1. The van der Waals surface area contributed by atoms with E-state index < -0.39 is 0 Å². The van der Waals surface area contributed by atoms with Crippen molar-refractivity contribution in [2.75, 3.05) is 13.7 Å². The maximum Gasteiger partial charge on any atom is 0.220 e. The third-order valence-electron chi connectivity index (χ3n) is 4.18. The molecule has 0 spiro atoms. The molecule has 0 bridgehead atoms. The zero-order valence-corrected chi connectivity index (χ0v) is 15.5. The molecule has 0 saturated heterocycles. The second-order valence-electron chi connectivity index (χ2n) is 6.35. The third-order valence-corrected chi connectivity index (χ3v) is 4.18. The average molecular weight is 341 g/mol. The fourth-order valence-electron chi connectivity index (χ4n) is 2.56. The van der Waals surface area contributed by atoms with E-state index in [0.717, 1.165) is 6.42 Å². The van der Waals surface area contributed by atoms with E-state index >= 15 is 0 Å². The molecule has 1 atom stereocenters. The van der Waals surface area contributed by atoms with E-state index in [0.29, 0.717) is 24.5 Å². The summed E-state index contributed by atoms with van der Waals surface area (Å²) >= 11 is 0. The smallest absolute Gasteiger partial charge is 0.220 e. The van der Waals surface area contributed by atoms with E-state index in [-0.39, 0.29) is 11.9 Å². The number of aryl methyl sites for hydroxylation is 3. The molecule has 0 aromatic heterocycles. The Labute approximate surface area is 150 Å². The maximum absolute atomic E-state index is 12.1.